The summed E-state index contributed by atoms with van der Waals surface area (Å²) >= 11 is 0. The number of aromatic nitrogens is 1. The van der Waals surface area contributed by atoms with Crippen LogP contribution in [0.15, 0.2) is 28.9 Å². The number of nitrogens with zero attached hydrogens (tertiary/aromatic N) is 2. The molecule has 1 heterocycles. The van der Waals surface area contributed by atoms with Crippen LogP contribution in [0.2, 0.25) is 0 Å². The van der Waals surface area contributed by atoms with Gasteiger partial charge < -0.3 is 4.52 Å². The maximum atomic E-state index is 12.7. The van der Waals surface area contributed by atoms with E-state index in [1.54, 1.807) is 0 Å². The topological polar surface area (TPSA) is 86.2 Å². The van der Waals surface area contributed by atoms with Gasteiger partial charge in [0.25, 0.3) is 5.69 Å². The number of rotatable bonds is 5. The SMILES string of the molecule is CCCc1oncc1C(=O)c1ccc(C(F)(F)F)cc1[N+](=O)[O-]. The number of ketones is 1. The van der Waals surface area contributed by atoms with E-state index in [4.69, 9.17) is 4.52 Å². The lowest BCUT2D eigenvalue weighted by Crippen LogP contribution is -2.10. The highest BCUT2D eigenvalue weighted by Crippen LogP contribution is 2.34. The Morgan fingerprint density at radius 1 is 1.35 bits per heavy atom. The number of carbonyl (C=O) groups is 1. The molecule has 6 nitrogen and oxygen atoms in total. The van der Waals surface area contributed by atoms with E-state index in [1.165, 1.54) is 0 Å². The fourth-order valence-corrected chi connectivity index (χ4v) is 2.05. The van der Waals surface area contributed by atoms with E-state index in [0.717, 1.165) is 12.3 Å². The van der Waals surface area contributed by atoms with E-state index >= 15 is 0 Å². The molecule has 0 saturated heterocycles. The summed E-state index contributed by atoms with van der Waals surface area (Å²) in [4.78, 5) is 22.4. The van der Waals surface area contributed by atoms with Gasteiger partial charge in [0, 0.05) is 12.5 Å². The summed E-state index contributed by atoms with van der Waals surface area (Å²) < 4.78 is 42.9. The van der Waals surface area contributed by atoms with E-state index in [9.17, 15) is 28.1 Å². The molecule has 9 heteroatoms. The summed E-state index contributed by atoms with van der Waals surface area (Å²) in [5.41, 5.74) is -2.54. The molecule has 23 heavy (non-hydrogen) atoms. The van der Waals surface area contributed by atoms with E-state index in [-0.39, 0.29) is 11.3 Å². The van der Waals surface area contributed by atoms with Gasteiger partial charge in [-0.1, -0.05) is 12.1 Å². The van der Waals surface area contributed by atoms with Crippen LogP contribution in [0.1, 0.15) is 40.6 Å². The number of nitro benzene ring substituents is 1. The largest absolute Gasteiger partial charge is 0.416 e. The normalized spacial score (nSPS) is 11.5. The van der Waals surface area contributed by atoms with Gasteiger partial charge in [-0.3, -0.25) is 14.9 Å². The van der Waals surface area contributed by atoms with Gasteiger partial charge in [0.1, 0.15) is 11.3 Å². The summed E-state index contributed by atoms with van der Waals surface area (Å²) in [5, 5.41) is 14.5. The number of alkyl halides is 3. The minimum absolute atomic E-state index is 0.00899. The van der Waals surface area contributed by atoms with E-state index in [2.05, 4.69) is 5.16 Å². The molecular weight excluding hydrogens is 317 g/mol. The van der Waals surface area contributed by atoms with Gasteiger partial charge in [0.2, 0.25) is 5.78 Å². The van der Waals surface area contributed by atoms with Gasteiger partial charge >= 0.3 is 6.18 Å². The zero-order valence-corrected chi connectivity index (χ0v) is 11.9. The molecule has 122 valence electrons. The highest BCUT2D eigenvalue weighted by molar-refractivity contribution is 6.11. The molecule has 0 aliphatic carbocycles. The fourth-order valence-electron chi connectivity index (χ4n) is 2.05. The lowest BCUT2D eigenvalue weighted by molar-refractivity contribution is -0.385. The van der Waals surface area contributed by atoms with Crippen molar-refractivity contribution in [3.05, 3.63) is 57.0 Å². The fraction of sp³-hybridized carbons (Fsp3) is 0.286. The molecule has 2 rings (SSSR count). The Labute approximate surface area is 128 Å². The van der Waals surface area contributed by atoms with Gasteiger partial charge in [0.05, 0.1) is 22.2 Å². The summed E-state index contributed by atoms with van der Waals surface area (Å²) in [6.45, 7) is 1.83. The number of nitro groups is 1. The van der Waals surface area contributed by atoms with Crippen molar-refractivity contribution in [2.24, 2.45) is 0 Å². The minimum atomic E-state index is -4.74. The van der Waals surface area contributed by atoms with Crippen molar-refractivity contribution >= 4 is 11.5 Å². The van der Waals surface area contributed by atoms with Gasteiger partial charge in [-0.15, -0.1) is 0 Å². The van der Waals surface area contributed by atoms with Crippen molar-refractivity contribution in [2.75, 3.05) is 0 Å². The predicted molar refractivity (Wildman–Crippen MR) is 72.0 cm³/mol. The standard InChI is InChI=1S/C14H11F3N2O4/c1-2-3-12-10(7-18-23-12)13(20)9-5-4-8(14(15,16)17)6-11(9)19(21)22/h4-7H,2-3H2,1H3. The second-order valence-electron chi connectivity index (χ2n) is 4.73. The van der Waals surface area contributed by atoms with Crippen LogP contribution in [0.4, 0.5) is 18.9 Å². The maximum Gasteiger partial charge on any atom is 0.416 e. The Morgan fingerprint density at radius 3 is 2.61 bits per heavy atom. The first-order valence-corrected chi connectivity index (χ1v) is 6.59. The molecule has 0 fully saturated rings. The second-order valence-corrected chi connectivity index (χ2v) is 4.73. The highest BCUT2D eigenvalue weighted by Gasteiger charge is 2.34. The average Bonchev–Trinajstić information content (AvgIpc) is 2.93. The minimum Gasteiger partial charge on any atom is -0.361 e. The van der Waals surface area contributed by atoms with Crippen molar-refractivity contribution < 1.29 is 27.4 Å². The van der Waals surface area contributed by atoms with Crippen LogP contribution in [0.3, 0.4) is 0 Å². The summed E-state index contributed by atoms with van der Waals surface area (Å²) in [5.74, 6) is -0.554. The van der Waals surface area contributed by atoms with Crippen molar-refractivity contribution in [3.8, 4) is 0 Å². The summed E-state index contributed by atoms with van der Waals surface area (Å²) in [7, 11) is 0. The zero-order valence-electron chi connectivity index (χ0n) is 11.9. The third kappa shape index (κ3) is 3.38. The van der Waals surface area contributed by atoms with Crippen LogP contribution < -0.4 is 0 Å². The molecule has 0 spiro atoms. The van der Waals surface area contributed by atoms with Crippen LogP contribution in [0.5, 0.6) is 0 Å². The van der Waals surface area contributed by atoms with Gasteiger partial charge in [0.15, 0.2) is 0 Å². The smallest absolute Gasteiger partial charge is 0.361 e. The van der Waals surface area contributed by atoms with Crippen LogP contribution >= 0.6 is 0 Å². The maximum absolute atomic E-state index is 12.7. The summed E-state index contributed by atoms with van der Waals surface area (Å²) in [6.07, 6.45) is -2.61. The van der Waals surface area contributed by atoms with Crippen LogP contribution in [-0.2, 0) is 12.6 Å². The molecule has 0 radical (unpaired) electrons. The number of halogens is 3. The molecule has 0 atom stereocenters. The van der Waals surface area contributed by atoms with Crippen molar-refractivity contribution in [1.29, 1.82) is 0 Å². The van der Waals surface area contributed by atoms with Crippen LogP contribution in [-0.4, -0.2) is 15.9 Å². The molecule has 0 saturated carbocycles. The number of carbonyl (C=O) groups excluding carboxylic acids is 1. The molecule has 0 N–H and O–H groups in total. The van der Waals surface area contributed by atoms with Crippen molar-refractivity contribution in [1.82, 2.24) is 5.16 Å². The van der Waals surface area contributed by atoms with E-state index < -0.39 is 33.7 Å². The predicted octanol–water partition coefficient (Wildman–Crippen LogP) is 3.79. The van der Waals surface area contributed by atoms with Crippen molar-refractivity contribution in [3.63, 3.8) is 0 Å². The molecule has 0 amide bonds. The first-order chi connectivity index (χ1) is 10.8. The Morgan fingerprint density at radius 2 is 2.04 bits per heavy atom. The Kier molecular flexibility index (Phi) is 4.48. The number of benzene rings is 1. The average molecular weight is 328 g/mol. The molecular formula is C14H11F3N2O4. The molecule has 0 aliphatic rings. The number of hydrogen-bond acceptors (Lipinski definition) is 5. The lowest BCUT2D eigenvalue weighted by Gasteiger charge is -2.08. The third-order valence-corrected chi connectivity index (χ3v) is 3.13. The van der Waals surface area contributed by atoms with Gasteiger partial charge in [-0.2, -0.15) is 13.2 Å². The number of hydrogen-bond donors (Lipinski definition) is 0. The highest BCUT2D eigenvalue weighted by atomic mass is 19.4. The van der Waals surface area contributed by atoms with Gasteiger partial charge in [-0.05, 0) is 18.6 Å². The van der Waals surface area contributed by atoms with Crippen LogP contribution in [0, 0.1) is 10.1 Å². The Hall–Kier alpha value is -2.71. The quantitative estimate of drug-likeness (QED) is 0.473. The first kappa shape index (κ1) is 16.7. The number of aryl methyl sites for hydroxylation is 1. The van der Waals surface area contributed by atoms with E-state index in [1.807, 2.05) is 6.92 Å². The molecule has 0 unspecified atom stereocenters. The monoisotopic (exact) mass is 328 g/mol. The molecule has 2 aromatic rings. The molecule has 0 aliphatic heterocycles. The van der Waals surface area contributed by atoms with E-state index in [0.29, 0.717) is 25.0 Å². The van der Waals surface area contributed by atoms with Crippen LogP contribution in [0.25, 0.3) is 0 Å². The summed E-state index contributed by atoms with van der Waals surface area (Å²) in [6, 6.07) is 1.78. The molecule has 0 bridgehead atoms. The Bertz CT molecular complexity index is 753. The zero-order chi connectivity index (χ0) is 17.2. The second kappa shape index (κ2) is 6.19. The Balaban J connectivity index is 2.52. The lowest BCUT2D eigenvalue weighted by atomic mass is 9.99. The molecule has 1 aromatic carbocycles. The van der Waals surface area contributed by atoms with Gasteiger partial charge in [-0.25, -0.2) is 0 Å². The van der Waals surface area contributed by atoms with Crippen molar-refractivity contribution in [2.45, 2.75) is 25.9 Å². The molecule has 1 aromatic heterocycles. The third-order valence-electron chi connectivity index (χ3n) is 3.13. The first-order valence-electron chi connectivity index (χ1n) is 6.59.